The fraction of sp³-hybridized carbons (Fsp3) is 0.556. The van der Waals surface area contributed by atoms with Crippen molar-refractivity contribution in [3.05, 3.63) is 35.9 Å². The van der Waals surface area contributed by atoms with E-state index in [1.54, 1.807) is 7.11 Å². The smallest absolute Gasteiger partial charge is 0.126 e. The summed E-state index contributed by atoms with van der Waals surface area (Å²) in [5, 5.41) is 10.3. The number of likely N-dealkylation sites (tertiary alicyclic amines) is 1. The molecule has 2 aliphatic heterocycles. The van der Waals surface area contributed by atoms with Crippen LogP contribution in [0.2, 0.25) is 0 Å². The van der Waals surface area contributed by atoms with Crippen LogP contribution < -0.4 is 4.74 Å². The summed E-state index contributed by atoms with van der Waals surface area (Å²) in [6.45, 7) is 5.89. The highest BCUT2D eigenvalue weighted by atomic mass is 16.5. The first-order valence-electron chi connectivity index (χ1n) is 8.29. The van der Waals surface area contributed by atoms with Crippen molar-refractivity contribution in [2.75, 3.05) is 53.0 Å². The van der Waals surface area contributed by atoms with E-state index in [1.807, 2.05) is 24.3 Å². The molecule has 2 heterocycles. The lowest BCUT2D eigenvalue weighted by molar-refractivity contribution is -0.00614. The number of morpholine rings is 1. The Morgan fingerprint density at radius 2 is 2.04 bits per heavy atom. The molecular weight excluding hydrogens is 292 g/mol. The molecule has 3 rings (SSSR count). The number of nitrogens with zero attached hydrogens (tertiary/aromatic N) is 2. The Bertz CT molecular complexity index is 529. The maximum atomic E-state index is 10.3. The molecule has 0 unspecified atom stereocenters. The molecule has 1 aromatic carbocycles. The second kappa shape index (κ2) is 7.93. The minimum atomic E-state index is -0.271. The van der Waals surface area contributed by atoms with Crippen molar-refractivity contribution in [2.24, 2.45) is 0 Å². The molecule has 0 aliphatic carbocycles. The van der Waals surface area contributed by atoms with Crippen molar-refractivity contribution in [3.8, 4) is 5.75 Å². The van der Waals surface area contributed by atoms with Crippen LogP contribution in [0.15, 0.2) is 30.3 Å². The topological polar surface area (TPSA) is 45.2 Å². The molecule has 1 N–H and O–H groups in total. The zero-order valence-electron chi connectivity index (χ0n) is 13.7. The molecule has 0 bridgehead atoms. The number of ether oxygens (including phenoxy) is 2. The molecule has 5 nitrogen and oxygen atoms in total. The van der Waals surface area contributed by atoms with E-state index >= 15 is 0 Å². The molecular formula is C18H26N2O3. The van der Waals surface area contributed by atoms with Gasteiger partial charge in [-0.15, -0.1) is 0 Å². The van der Waals surface area contributed by atoms with Crippen LogP contribution in [0, 0.1) is 0 Å². The van der Waals surface area contributed by atoms with Gasteiger partial charge in [0.15, 0.2) is 0 Å². The van der Waals surface area contributed by atoms with E-state index in [0.717, 1.165) is 57.3 Å². The van der Waals surface area contributed by atoms with Gasteiger partial charge in [-0.25, -0.2) is 0 Å². The van der Waals surface area contributed by atoms with Crippen LogP contribution in [-0.4, -0.2) is 80.1 Å². The van der Waals surface area contributed by atoms with Gasteiger partial charge in [0.25, 0.3) is 0 Å². The lowest BCUT2D eigenvalue weighted by Gasteiger charge is -2.33. The summed E-state index contributed by atoms with van der Waals surface area (Å²) < 4.78 is 10.8. The van der Waals surface area contributed by atoms with Crippen LogP contribution in [0.25, 0.3) is 6.08 Å². The highest BCUT2D eigenvalue weighted by molar-refractivity contribution is 5.57. The molecule has 0 saturated carbocycles. The maximum absolute atomic E-state index is 10.3. The highest BCUT2D eigenvalue weighted by Gasteiger charge is 2.35. The Hall–Kier alpha value is -1.40. The van der Waals surface area contributed by atoms with Gasteiger partial charge in [-0.2, -0.15) is 0 Å². The number of β-amino-alcohol motifs (C(OH)–C–C–N with tert-alkyl or cyclic N) is 1. The van der Waals surface area contributed by atoms with Crippen LogP contribution in [-0.2, 0) is 4.74 Å². The quantitative estimate of drug-likeness (QED) is 0.880. The SMILES string of the molecule is COc1ccccc1/C=C/CN1C[C@H](O)[C@@H](N2CCOCC2)C1. The second-order valence-electron chi connectivity index (χ2n) is 6.15. The van der Waals surface area contributed by atoms with Gasteiger partial charge < -0.3 is 14.6 Å². The third kappa shape index (κ3) is 4.12. The Balaban J connectivity index is 1.54. The van der Waals surface area contributed by atoms with Gasteiger partial charge in [0, 0.05) is 44.3 Å². The average molecular weight is 318 g/mol. The number of methoxy groups -OCH3 is 1. The molecule has 0 amide bonds. The minimum Gasteiger partial charge on any atom is -0.496 e. The van der Waals surface area contributed by atoms with E-state index in [1.165, 1.54) is 0 Å². The number of rotatable bonds is 5. The largest absolute Gasteiger partial charge is 0.496 e. The number of aliphatic hydroxyl groups is 1. The zero-order valence-corrected chi connectivity index (χ0v) is 13.7. The van der Waals surface area contributed by atoms with Gasteiger partial charge in [0.2, 0.25) is 0 Å². The van der Waals surface area contributed by atoms with Gasteiger partial charge in [0.1, 0.15) is 5.75 Å². The lowest BCUT2D eigenvalue weighted by atomic mass is 10.1. The molecule has 2 saturated heterocycles. The maximum Gasteiger partial charge on any atom is 0.126 e. The molecule has 2 fully saturated rings. The molecule has 0 radical (unpaired) electrons. The standard InChI is InChI=1S/C18H26N2O3/c1-22-18-7-3-2-5-15(18)6-4-8-19-13-16(17(21)14-19)20-9-11-23-12-10-20/h2-7,16-17,21H,8-14H2,1H3/b6-4+/t16-,17-/m0/s1. The fourth-order valence-electron chi connectivity index (χ4n) is 3.40. The number of hydrogen-bond donors (Lipinski definition) is 1. The summed E-state index contributed by atoms with van der Waals surface area (Å²) >= 11 is 0. The number of hydrogen-bond acceptors (Lipinski definition) is 5. The van der Waals surface area contributed by atoms with Gasteiger partial charge >= 0.3 is 0 Å². The van der Waals surface area contributed by atoms with Gasteiger partial charge in [0.05, 0.1) is 26.4 Å². The summed E-state index contributed by atoms with van der Waals surface area (Å²) in [6, 6.07) is 8.23. The Kier molecular flexibility index (Phi) is 5.67. The van der Waals surface area contributed by atoms with Gasteiger partial charge in [-0.3, -0.25) is 9.80 Å². The van der Waals surface area contributed by atoms with Crippen molar-refractivity contribution in [1.29, 1.82) is 0 Å². The molecule has 0 spiro atoms. The molecule has 0 aromatic heterocycles. The van der Waals surface area contributed by atoms with E-state index in [-0.39, 0.29) is 12.1 Å². The molecule has 1 aromatic rings. The van der Waals surface area contributed by atoms with Crippen molar-refractivity contribution in [3.63, 3.8) is 0 Å². The van der Waals surface area contributed by atoms with Crippen LogP contribution in [0.1, 0.15) is 5.56 Å². The second-order valence-corrected chi connectivity index (χ2v) is 6.15. The van der Waals surface area contributed by atoms with E-state index in [0.29, 0.717) is 0 Å². The minimum absolute atomic E-state index is 0.235. The first-order chi connectivity index (χ1) is 11.3. The molecule has 126 valence electrons. The van der Waals surface area contributed by atoms with Crippen LogP contribution in [0.5, 0.6) is 5.75 Å². The number of aliphatic hydroxyl groups excluding tert-OH is 1. The third-order valence-corrected chi connectivity index (χ3v) is 4.65. The van der Waals surface area contributed by atoms with Crippen LogP contribution >= 0.6 is 0 Å². The molecule has 5 heteroatoms. The van der Waals surface area contributed by atoms with Crippen LogP contribution in [0.3, 0.4) is 0 Å². The Morgan fingerprint density at radius 1 is 1.26 bits per heavy atom. The average Bonchev–Trinajstić information content (AvgIpc) is 2.97. The van der Waals surface area contributed by atoms with Crippen molar-refractivity contribution in [1.82, 2.24) is 9.80 Å². The van der Waals surface area contributed by atoms with E-state index in [4.69, 9.17) is 9.47 Å². The summed E-state index contributed by atoms with van der Waals surface area (Å²) in [4.78, 5) is 4.66. The lowest BCUT2D eigenvalue weighted by Crippen LogP contribution is -2.48. The van der Waals surface area contributed by atoms with E-state index < -0.39 is 0 Å². The van der Waals surface area contributed by atoms with Gasteiger partial charge in [-0.05, 0) is 6.07 Å². The first-order valence-corrected chi connectivity index (χ1v) is 8.29. The fourth-order valence-corrected chi connectivity index (χ4v) is 3.40. The first kappa shape index (κ1) is 16.5. The summed E-state index contributed by atoms with van der Waals surface area (Å²) in [5.74, 6) is 0.886. The van der Waals surface area contributed by atoms with Crippen molar-refractivity contribution in [2.45, 2.75) is 12.1 Å². The third-order valence-electron chi connectivity index (χ3n) is 4.65. The highest BCUT2D eigenvalue weighted by Crippen LogP contribution is 2.20. The number of para-hydroxylation sites is 1. The summed E-state index contributed by atoms with van der Waals surface area (Å²) in [5.41, 5.74) is 1.08. The van der Waals surface area contributed by atoms with E-state index in [2.05, 4.69) is 22.0 Å². The normalized spacial score (nSPS) is 26.9. The monoisotopic (exact) mass is 318 g/mol. The summed E-state index contributed by atoms with van der Waals surface area (Å²) in [6.07, 6.45) is 3.97. The summed E-state index contributed by atoms with van der Waals surface area (Å²) in [7, 11) is 1.69. The Labute approximate surface area is 138 Å². The van der Waals surface area contributed by atoms with Gasteiger partial charge in [-0.1, -0.05) is 30.4 Å². The zero-order chi connectivity index (χ0) is 16.1. The van der Waals surface area contributed by atoms with Crippen molar-refractivity contribution < 1.29 is 14.6 Å². The number of benzene rings is 1. The predicted octanol–water partition coefficient (Wildman–Crippen LogP) is 1.09. The van der Waals surface area contributed by atoms with E-state index in [9.17, 15) is 5.11 Å². The molecule has 2 aliphatic rings. The Morgan fingerprint density at radius 3 is 2.83 bits per heavy atom. The molecule has 23 heavy (non-hydrogen) atoms. The van der Waals surface area contributed by atoms with Crippen LogP contribution in [0.4, 0.5) is 0 Å². The van der Waals surface area contributed by atoms with Crippen molar-refractivity contribution >= 4 is 6.08 Å². The molecule has 2 atom stereocenters. The predicted molar refractivity (Wildman–Crippen MR) is 90.7 cm³/mol.